The van der Waals surface area contributed by atoms with Gasteiger partial charge in [0.15, 0.2) is 46.5 Å². The van der Waals surface area contributed by atoms with Crippen LogP contribution in [0.2, 0.25) is 0 Å². The molecule has 624 valence electrons. The molecule has 0 spiro atoms. The van der Waals surface area contributed by atoms with Crippen LogP contribution < -0.4 is 133 Å². The molecular weight excluding hydrogens is 1830 g/mol. The first kappa shape index (κ1) is 104. The van der Waals surface area contributed by atoms with Crippen molar-refractivity contribution >= 4 is 99.8 Å². The van der Waals surface area contributed by atoms with Gasteiger partial charge in [0, 0.05) is 94.8 Å². The van der Waals surface area contributed by atoms with Crippen molar-refractivity contribution in [3.8, 4) is 51.3 Å². The Morgan fingerprint density at radius 1 is 0.521 bits per heavy atom. The average molecular weight is 1910 g/mol. The van der Waals surface area contributed by atoms with Gasteiger partial charge in [-0.1, -0.05) is 79.3 Å². The molecule has 0 unspecified atom stereocenters. The maximum absolute atomic E-state index is 14.4. The van der Waals surface area contributed by atoms with E-state index in [-0.39, 0.29) is 166 Å². The number of aliphatic carboxylic acids is 1. The molecule has 0 bridgehead atoms. The summed E-state index contributed by atoms with van der Waals surface area (Å²) in [5, 5.41) is 41.1. The Kier molecular flexibility index (Phi) is 44.3. The number of halogens is 15. The van der Waals surface area contributed by atoms with Gasteiger partial charge >= 0.3 is 115 Å². The maximum atomic E-state index is 14.4. The smallest absolute Gasteiger partial charge is 1.00 e. The number of nitriles is 1. The van der Waals surface area contributed by atoms with Gasteiger partial charge < -0.3 is 51.4 Å². The molecule has 18 nitrogen and oxygen atoms in total. The van der Waals surface area contributed by atoms with Gasteiger partial charge in [-0.15, -0.1) is 0 Å². The topological polar surface area (TPSA) is 269 Å². The number of hydrogen-bond acceptors (Lipinski definition) is 15. The summed E-state index contributed by atoms with van der Waals surface area (Å²) < 4.78 is 186. The van der Waals surface area contributed by atoms with E-state index in [1.54, 1.807) is 54.6 Å². The molecule has 8 aromatic carbocycles. The number of rotatable bonds is 23. The fourth-order valence-corrected chi connectivity index (χ4v) is 12.1. The zero-order valence-corrected chi connectivity index (χ0v) is 73.7. The Labute approximate surface area is 789 Å². The second-order valence-corrected chi connectivity index (χ2v) is 28.4. The minimum Gasteiger partial charge on any atom is -1.00 e. The van der Waals surface area contributed by atoms with Crippen LogP contribution in [-0.4, -0.2) is 94.8 Å². The monoisotopic (exact) mass is 1910 g/mol. The fraction of sp³-hybridized carbons (Fsp3) is 0.286. The van der Waals surface area contributed by atoms with E-state index in [4.69, 9.17) is 39.4 Å². The van der Waals surface area contributed by atoms with E-state index in [0.717, 1.165) is 118 Å². The SMILES string of the molecule is BrCC1CC1.C.C.CC#N.COC(=O)[C@H](Cc1ccc(-c2cc(F)c(F)cc2OCC2CC2)c2ncccc12)NC(=O)c1c(F)cccc1F.Fc1cc(Br)c(OCC2CC2)cc1F.O=C(N[C@@H](Cc1ccc(-c2cc(F)c(F)cc2OCC2CC2)c2ncccc12)C(=O)O)c1c(F)cccc1F.O=CO[O-].Oc1cc(F)c(F)cc1Br.[H-].[K+].[K+]. The Hall–Kier alpha value is -7.55. The summed E-state index contributed by atoms with van der Waals surface area (Å²) >= 11 is 9.32. The molecule has 4 aliphatic rings. The number of benzene rings is 8. The number of fused-ring (bicyclic) bond motifs is 2. The molecule has 4 aliphatic carbocycles. The number of phenolic OH excluding ortho intramolecular Hbond substituents is 1. The second kappa shape index (κ2) is 50.8. The van der Waals surface area contributed by atoms with E-state index in [1.165, 1.54) is 50.3 Å². The quantitative estimate of drug-likeness (QED) is 0.00677. The van der Waals surface area contributed by atoms with Crippen molar-refractivity contribution in [1.29, 1.82) is 5.26 Å². The number of aromatic hydroxyl groups is 1. The maximum Gasteiger partial charge on any atom is 1.00 e. The Morgan fingerprint density at radius 2 is 0.857 bits per heavy atom. The zero-order valence-electron chi connectivity index (χ0n) is 63.7. The summed E-state index contributed by atoms with van der Waals surface area (Å²) in [4.78, 5) is 70.0. The van der Waals surface area contributed by atoms with E-state index < -0.39 is 117 Å². The van der Waals surface area contributed by atoms with Crippen molar-refractivity contribution in [1.82, 2.24) is 20.6 Å². The van der Waals surface area contributed by atoms with Crippen LogP contribution in [0, 0.1) is 105 Å². The van der Waals surface area contributed by atoms with Crippen LogP contribution in [0.3, 0.4) is 0 Å². The van der Waals surface area contributed by atoms with E-state index >= 15 is 0 Å². The molecule has 0 radical (unpaired) electrons. The fourth-order valence-electron chi connectivity index (χ4n) is 10.7. The summed E-state index contributed by atoms with van der Waals surface area (Å²) in [6, 6.07) is 25.7. The van der Waals surface area contributed by atoms with Crippen LogP contribution in [0.4, 0.5) is 52.7 Å². The summed E-state index contributed by atoms with van der Waals surface area (Å²) in [6.45, 7) is 2.58. The summed E-state index contributed by atoms with van der Waals surface area (Å²) in [5.41, 5.74) is 1.56. The average Bonchev–Trinajstić information content (AvgIpc) is 1.56. The summed E-state index contributed by atoms with van der Waals surface area (Å²) in [5.74, 6) is -14.2. The molecule has 119 heavy (non-hydrogen) atoms. The van der Waals surface area contributed by atoms with Gasteiger partial charge in [0.2, 0.25) is 0 Å². The molecule has 14 rings (SSSR count). The third-order valence-corrected chi connectivity index (χ3v) is 19.6. The number of carboxylic acids is 1. The number of carbonyl (C=O) groups excluding carboxylic acids is 4. The standard InChI is InChI=1S/C30H24F4N2O4.C29H22F4N2O4.C10H9BrF2O.C6H3BrF2O.C4H7Br.C2H3N.CH2O3.2CH4.2K.H/c1-39-30(38)25(36-29(37)27-21(31)5-2-6-22(27)32)12-17-9-10-19(28-18(17)4-3-11-35-28)20-13-23(33)24(34)14-26(20)40-15-16-7-8-16;30-20-4-1-5-21(31)26(20)28(36)35-24(29(37)38)11-16-8-9-18(27-17(16)3-2-10-34-27)19-12-22(32)23(33)13-25(19)39-14-15-6-7-15;11-7-3-8(12)9(13)4-10(7)14-5-6-1-2-6;7-3-1-4(8)5(9)2-6(3)10;5-3-4-1-2-4;1-2-3;2-1-4-3;;;;;/h2-6,9-11,13-14,16,25H,7-8,12,15H2,1H3,(H,36,37);1-5,8-10,12-13,15,24H,6-7,11,14H2,(H,35,36)(H,37,38);3-4,6H,1-2,5H2;1-2,10H;4H,1-3H2;1H3;1,3H;2*1H4;;;/q;;;;;;;;;2*+1;-1/p-1/t25-;24-;;;;;;;;;;/m00........../s1. The number of aromatic nitrogens is 2. The van der Waals surface area contributed by atoms with Gasteiger partial charge in [0.05, 0.1) is 53.0 Å². The third-order valence-electron chi connectivity index (χ3n) is 17.4. The number of amides is 2. The number of nitrogens with zero attached hydrogens (tertiary/aromatic N) is 3. The molecule has 4 N–H and O–H groups in total. The minimum atomic E-state index is -1.54. The molecule has 2 atom stereocenters. The number of phenols is 1. The number of nitrogens with one attached hydrogen (secondary N) is 2. The van der Waals surface area contributed by atoms with Crippen molar-refractivity contribution in [2.45, 2.75) is 98.1 Å². The van der Waals surface area contributed by atoms with Crippen LogP contribution >= 0.6 is 47.8 Å². The number of hydrogen-bond donors (Lipinski definition) is 4. The zero-order chi connectivity index (χ0) is 83.7. The first-order valence-electron chi connectivity index (χ1n) is 35.0. The van der Waals surface area contributed by atoms with Gasteiger partial charge in [0.25, 0.3) is 18.3 Å². The molecule has 2 amide bonds. The number of methoxy groups -OCH3 is 1. The molecule has 10 aromatic rings. The van der Waals surface area contributed by atoms with Crippen molar-refractivity contribution in [2.24, 2.45) is 23.7 Å². The molecular formula is C84H78Br3F12K2N5O13. The predicted octanol–water partition coefficient (Wildman–Crippen LogP) is 13.5. The molecule has 2 aromatic heterocycles. The Balaban J connectivity index is 0.000000427. The molecule has 35 heteroatoms. The number of ether oxygens (including phenoxy) is 4. The van der Waals surface area contributed by atoms with E-state index in [1.807, 2.05) is 0 Å². The number of alkyl halides is 1. The van der Waals surface area contributed by atoms with Crippen molar-refractivity contribution < 1.29 is 220 Å². The normalized spacial score (nSPS) is 13.0. The molecule has 4 saturated carbocycles. The first-order valence-corrected chi connectivity index (χ1v) is 37.7. The van der Waals surface area contributed by atoms with Gasteiger partial charge in [-0.25, -0.2) is 62.3 Å². The van der Waals surface area contributed by atoms with Gasteiger partial charge in [-0.2, -0.15) is 5.26 Å². The summed E-state index contributed by atoms with van der Waals surface area (Å²) in [6.07, 6.45) is 12.0. The Morgan fingerprint density at radius 3 is 1.20 bits per heavy atom. The van der Waals surface area contributed by atoms with Crippen LogP contribution in [-0.2, 0) is 36.8 Å². The summed E-state index contributed by atoms with van der Waals surface area (Å²) in [7, 11) is 1.13. The van der Waals surface area contributed by atoms with Gasteiger partial charge in [-0.3, -0.25) is 24.4 Å². The van der Waals surface area contributed by atoms with Crippen molar-refractivity contribution in [3.63, 3.8) is 0 Å². The van der Waals surface area contributed by atoms with Crippen molar-refractivity contribution in [3.05, 3.63) is 247 Å². The minimum absolute atomic E-state index is 0. The Bertz CT molecular complexity index is 5110. The molecule has 0 saturated heterocycles. The number of carbonyl (C=O) groups is 5. The van der Waals surface area contributed by atoms with Crippen LogP contribution in [0.15, 0.2) is 155 Å². The van der Waals surface area contributed by atoms with E-state index in [9.17, 15) is 77.0 Å². The predicted molar refractivity (Wildman–Crippen MR) is 420 cm³/mol. The first-order chi connectivity index (χ1) is 55.0. The number of pyridine rings is 2. The van der Waals surface area contributed by atoms with Crippen molar-refractivity contribution in [2.75, 3.05) is 32.3 Å². The largest absolute Gasteiger partial charge is 1.00 e. The van der Waals surface area contributed by atoms with E-state index in [0.29, 0.717) is 103 Å². The second-order valence-electron chi connectivity index (χ2n) is 26.1. The van der Waals surface area contributed by atoms with Gasteiger partial charge in [0.1, 0.15) is 69.5 Å². The third kappa shape index (κ3) is 31.1. The molecule has 4 fully saturated rings. The van der Waals surface area contributed by atoms with Crippen LogP contribution in [0.25, 0.3) is 44.1 Å². The van der Waals surface area contributed by atoms with Gasteiger partial charge in [-0.05, 0) is 179 Å². The van der Waals surface area contributed by atoms with Crippen LogP contribution in [0.5, 0.6) is 23.0 Å². The number of esters is 1. The number of carboxylic acid groups (broad SMARTS) is 1. The van der Waals surface area contributed by atoms with E-state index in [2.05, 4.69) is 73.3 Å². The molecule has 2 heterocycles. The van der Waals surface area contributed by atoms with Crippen LogP contribution in [0.1, 0.15) is 106 Å². The molecule has 0 aliphatic heterocycles.